The molecule has 0 bridgehead atoms. The molecule has 0 unspecified atom stereocenters. The second kappa shape index (κ2) is 7.54. The second-order valence-corrected chi connectivity index (χ2v) is 7.86. The zero-order valence-corrected chi connectivity index (χ0v) is 14.6. The van der Waals surface area contributed by atoms with Gasteiger partial charge in [-0.2, -0.15) is 13.2 Å². The Kier molecular flexibility index (Phi) is 5.58. The normalized spacial score (nSPS) is 28.8. The monoisotopic (exact) mass is 360 g/mol. The highest BCUT2D eigenvalue weighted by molar-refractivity contribution is 5.89. The Labute approximate surface area is 146 Å². The lowest BCUT2D eigenvalue weighted by atomic mass is 9.84. The van der Waals surface area contributed by atoms with E-state index in [1.165, 1.54) is 32.1 Å². The van der Waals surface area contributed by atoms with Crippen LogP contribution in [0.1, 0.15) is 57.8 Å². The third-order valence-electron chi connectivity index (χ3n) is 5.92. The molecule has 142 valence electrons. The molecule has 0 spiro atoms. The Balaban J connectivity index is 1.57. The van der Waals surface area contributed by atoms with Crippen LogP contribution in [0.3, 0.4) is 0 Å². The first-order valence-electron chi connectivity index (χ1n) is 9.48. The van der Waals surface area contributed by atoms with Crippen molar-refractivity contribution < 1.29 is 22.8 Å². The Morgan fingerprint density at radius 1 is 1.08 bits per heavy atom. The summed E-state index contributed by atoms with van der Waals surface area (Å²) in [6.07, 6.45) is 4.71. The summed E-state index contributed by atoms with van der Waals surface area (Å²) in [5.41, 5.74) is 0. The summed E-state index contributed by atoms with van der Waals surface area (Å²) in [5.74, 6) is -0.615. The van der Waals surface area contributed by atoms with Crippen molar-refractivity contribution in [3.05, 3.63) is 0 Å². The number of alkyl halides is 3. The van der Waals surface area contributed by atoms with Crippen molar-refractivity contribution in [3.8, 4) is 0 Å². The van der Waals surface area contributed by atoms with E-state index in [0.717, 1.165) is 24.2 Å². The smallest absolute Gasteiger partial charge is 0.339 e. The van der Waals surface area contributed by atoms with E-state index in [-0.39, 0.29) is 24.9 Å². The Morgan fingerprint density at radius 2 is 1.80 bits per heavy atom. The molecule has 4 nitrogen and oxygen atoms in total. The highest BCUT2D eigenvalue weighted by Gasteiger charge is 2.43. The number of carbonyl (C=O) groups excluding carboxylic acids is 2. The zero-order valence-electron chi connectivity index (χ0n) is 14.6. The molecule has 2 saturated heterocycles. The van der Waals surface area contributed by atoms with Crippen molar-refractivity contribution in [2.45, 2.75) is 70.0 Å². The SMILES string of the molecule is O=C1C[C@H](C(=O)N2CCC[C@H]2CC2CCCCC2)CN1CC(F)(F)F. The first-order chi connectivity index (χ1) is 11.8. The number of hydrogen-bond donors (Lipinski definition) is 0. The third-order valence-corrected chi connectivity index (χ3v) is 5.92. The van der Waals surface area contributed by atoms with Gasteiger partial charge in [-0.3, -0.25) is 9.59 Å². The molecule has 3 fully saturated rings. The average Bonchev–Trinajstić information content (AvgIpc) is 3.14. The van der Waals surface area contributed by atoms with Crippen LogP contribution < -0.4 is 0 Å². The van der Waals surface area contributed by atoms with Crippen LogP contribution in [0.2, 0.25) is 0 Å². The highest BCUT2D eigenvalue weighted by Crippen LogP contribution is 2.34. The maximum atomic E-state index is 12.8. The van der Waals surface area contributed by atoms with E-state index in [1.807, 2.05) is 4.90 Å². The van der Waals surface area contributed by atoms with Gasteiger partial charge in [-0.15, -0.1) is 0 Å². The topological polar surface area (TPSA) is 40.6 Å². The Bertz CT molecular complexity index is 503. The minimum Gasteiger partial charge on any atom is -0.339 e. The molecule has 2 heterocycles. The lowest BCUT2D eigenvalue weighted by Gasteiger charge is -2.31. The predicted molar refractivity (Wildman–Crippen MR) is 86.7 cm³/mol. The number of rotatable bonds is 4. The van der Waals surface area contributed by atoms with Crippen molar-refractivity contribution in [2.75, 3.05) is 19.6 Å². The number of hydrogen-bond acceptors (Lipinski definition) is 2. The lowest BCUT2D eigenvalue weighted by Crippen LogP contribution is -2.42. The molecule has 2 atom stereocenters. The van der Waals surface area contributed by atoms with Crippen LogP contribution in [0.25, 0.3) is 0 Å². The highest BCUT2D eigenvalue weighted by atomic mass is 19.4. The van der Waals surface area contributed by atoms with Crippen molar-refractivity contribution >= 4 is 11.8 Å². The van der Waals surface area contributed by atoms with Gasteiger partial charge in [0.2, 0.25) is 11.8 Å². The summed E-state index contributed by atoms with van der Waals surface area (Å²) in [6.45, 7) is -0.662. The van der Waals surface area contributed by atoms with Gasteiger partial charge in [-0.25, -0.2) is 0 Å². The van der Waals surface area contributed by atoms with Gasteiger partial charge in [0.15, 0.2) is 0 Å². The molecule has 3 rings (SSSR count). The summed E-state index contributed by atoms with van der Waals surface area (Å²) in [5, 5.41) is 0. The first-order valence-corrected chi connectivity index (χ1v) is 9.48. The molecule has 0 radical (unpaired) electrons. The van der Waals surface area contributed by atoms with Crippen LogP contribution in [0.4, 0.5) is 13.2 Å². The molecule has 2 amide bonds. The minimum atomic E-state index is -4.41. The van der Waals surface area contributed by atoms with Gasteiger partial charge in [-0.1, -0.05) is 32.1 Å². The van der Waals surface area contributed by atoms with Crippen molar-refractivity contribution in [1.82, 2.24) is 9.80 Å². The molecule has 25 heavy (non-hydrogen) atoms. The van der Waals surface area contributed by atoms with E-state index in [1.54, 1.807) is 0 Å². The third kappa shape index (κ3) is 4.67. The second-order valence-electron chi connectivity index (χ2n) is 7.86. The van der Waals surface area contributed by atoms with Gasteiger partial charge in [0, 0.05) is 25.6 Å². The summed E-state index contributed by atoms with van der Waals surface area (Å²) < 4.78 is 37.6. The molecule has 7 heteroatoms. The minimum absolute atomic E-state index is 0.0818. The van der Waals surface area contributed by atoms with Gasteiger partial charge in [-0.05, 0) is 25.2 Å². The van der Waals surface area contributed by atoms with Crippen LogP contribution >= 0.6 is 0 Å². The summed E-state index contributed by atoms with van der Waals surface area (Å²) in [7, 11) is 0. The van der Waals surface area contributed by atoms with Gasteiger partial charge in [0.1, 0.15) is 6.54 Å². The number of carbonyl (C=O) groups is 2. The molecule has 0 aromatic heterocycles. The van der Waals surface area contributed by atoms with E-state index < -0.39 is 24.5 Å². The van der Waals surface area contributed by atoms with Crippen LogP contribution in [0, 0.1) is 11.8 Å². The van der Waals surface area contributed by atoms with Gasteiger partial charge in [0.25, 0.3) is 0 Å². The Morgan fingerprint density at radius 3 is 2.48 bits per heavy atom. The molecule has 0 aromatic rings. The largest absolute Gasteiger partial charge is 0.406 e. The molecular weight excluding hydrogens is 333 g/mol. The van der Waals surface area contributed by atoms with Crippen molar-refractivity contribution in [2.24, 2.45) is 11.8 Å². The van der Waals surface area contributed by atoms with Crippen LogP contribution in [-0.4, -0.2) is 53.5 Å². The van der Waals surface area contributed by atoms with E-state index in [0.29, 0.717) is 12.5 Å². The number of halogens is 3. The number of nitrogens with zero attached hydrogens (tertiary/aromatic N) is 2. The quantitative estimate of drug-likeness (QED) is 0.771. The summed E-state index contributed by atoms with van der Waals surface area (Å²) >= 11 is 0. The molecule has 1 aliphatic carbocycles. The van der Waals surface area contributed by atoms with E-state index in [4.69, 9.17) is 0 Å². The van der Waals surface area contributed by atoms with Crippen LogP contribution in [-0.2, 0) is 9.59 Å². The fourth-order valence-corrected chi connectivity index (χ4v) is 4.72. The maximum Gasteiger partial charge on any atom is 0.406 e. The summed E-state index contributed by atoms with van der Waals surface area (Å²) in [6, 6.07) is 0.211. The Hall–Kier alpha value is -1.27. The van der Waals surface area contributed by atoms with E-state index >= 15 is 0 Å². The van der Waals surface area contributed by atoms with Gasteiger partial charge in [0.05, 0.1) is 5.92 Å². The predicted octanol–water partition coefficient (Wildman–Crippen LogP) is 3.36. The first kappa shape index (κ1) is 18.5. The van der Waals surface area contributed by atoms with Crippen molar-refractivity contribution in [1.29, 1.82) is 0 Å². The fourth-order valence-electron chi connectivity index (χ4n) is 4.72. The van der Waals surface area contributed by atoms with Crippen molar-refractivity contribution in [3.63, 3.8) is 0 Å². The van der Waals surface area contributed by atoms with Gasteiger partial charge < -0.3 is 9.80 Å². The van der Waals surface area contributed by atoms with Crippen LogP contribution in [0.15, 0.2) is 0 Å². The lowest BCUT2D eigenvalue weighted by molar-refractivity contribution is -0.157. The number of likely N-dealkylation sites (tertiary alicyclic amines) is 2. The average molecular weight is 360 g/mol. The molecule has 1 saturated carbocycles. The zero-order chi connectivity index (χ0) is 18.0. The number of amides is 2. The van der Waals surface area contributed by atoms with E-state index in [9.17, 15) is 22.8 Å². The van der Waals surface area contributed by atoms with Crippen LogP contribution in [0.5, 0.6) is 0 Å². The molecule has 0 aromatic carbocycles. The van der Waals surface area contributed by atoms with Gasteiger partial charge >= 0.3 is 6.18 Å². The standard InChI is InChI=1S/C18H27F3N2O2/c19-18(20,21)12-22-11-14(10-16(22)24)17(25)23-8-4-7-15(23)9-13-5-2-1-3-6-13/h13-15H,1-12H2/t14-,15-/m0/s1. The molecular formula is C18H27F3N2O2. The molecule has 0 N–H and O–H groups in total. The van der Waals surface area contributed by atoms with E-state index in [2.05, 4.69) is 0 Å². The summed E-state index contributed by atoms with van der Waals surface area (Å²) in [4.78, 5) is 27.3. The molecule has 2 aliphatic heterocycles. The molecule has 3 aliphatic rings. The fraction of sp³-hybridized carbons (Fsp3) is 0.889. The maximum absolute atomic E-state index is 12.8.